The molecule has 0 radical (unpaired) electrons. The van der Waals surface area contributed by atoms with E-state index in [-0.39, 0.29) is 11.4 Å². The highest BCUT2D eigenvalue weighted by atomic mass is 79.9. The van der Waals surface area contributed by atoms with Crippen molar-refractivity contribution in [1.82, 2.24) is 4.90 Å². The first-order valence-electron chi connectivity index (χ1n) is 8.54. The second kappa shape index (κ2) is 9.67. The van der Waals surface area contributed by atoms with Crippen LogP contribution < -0.4 is 14.8 Å². The number of amides is 3. The van der Waals surface area contributed by atoms with Crippen LogP contribution in [-0.2, 0) is 9.59 Å². The van der Waals surface area contributed by atoms with Gasteiger partial charge in [-0.3, -0.25) is 19.3 Å². The lowest BCUT2D eigenvalue weighted by Gasteiger charge is -2.12. The predicted octanol–water partition coefficient (Wildman–Crippen LogP) is 4.90. The molecule has 30 heavy (non-hydrogen) atoms. The second-order valence-corrected chi connectivity index (χ2v) is 8.76. The van der Waals surface area contributed by atoms with Gasteiger partial charge in [0, 0.05) is 5.69 Å². The molecule has 3 rings (SSSR count). The number of rotatable bonds is 6. The van der Waals surface area contributed by atoms with Crippen LogP contribution in [0.5, 0.6) is 11.5 Å². The Morgan fingerprint density at radius 1 is 1.10 bits per heavy atom. The zero-order valence-electron chi connectivity index (χ0n) is 15.9. The van der Waals surface area contributed by atoms with Crippen LogP contribution in [0.2, 0.25) is 0 Å². The van der Waals surface area contributed by atoms with E-state index in [4.69, 9.17) is 9.47 Å². The zero-order chi connectivity index (χ0) is 21.8. The summed E-state index contributed by atoms with van der Waals surface area (Å²) >= 11 is 7.60. The Morgan fingerprint density at radius 2 is 1.73 bits per heavy atom. The molecule has 10 heteroatoms. The van der Waals surface area contributed by atoms with Crippen LogP contribution in [0.15, 0.2) is 50.2 Å². The summed E-state index contributed by atoms with van der Waals surface area (Å²) in [5.41, 5.74) is 1.24. The van der Waals surface area contributed by atoms with Crippen LogP contribution in [0.3, 0.4) is 0 Å². The van der Waals surface area contributed by atoms with Crippen molar-refractivity contribution in [3.63, 3.8) is 0 Å². The highest BCUT2D eigenvalue weighted by molar-refractivity contribution is 9.11. The van der Waals surface area contributed by atoms with Crippen molar-refractivity contribution in [2.45, 2.75) is 0 Å². The van der Waals surface area contributed by atoms with E-state index < -0.39 is 17.1 Å². The lowest BCUT2D eigenvalue weighted by atomic mass is 10.2. The first-order chi connectivity index (χ1) is 14.3. The number of benzene rings is 2. The number of nitrogens with one attached hydrogen (secondary N) is 1. The van der Waals surface area contributed by atoms with E-state index in [1.807, 2.05) is 0 Å². The third-order valence-corrected chi connectivity index (χ3v) is 6.16. The summed E-state index contributed by atoms with van der Waals surface area (Å²) in [6.07, 6.45) is 1.60. The van der Waals surface area contributed by atoms with Crippen molar-refractivity contribution in [2.24, 2.45) is 0 Å². The van der Waals surface area contributed by atoms with Crippen LogP contribution in [0.4, 0.5) is 10.5 Å². The molecule has 1 N–H and O–H groups in total. The Morgan fingerprint density at radius 3 is 2.30 bits per heavy atom. The maximum Gasteiger partial charge on any atom is 0.294 e. The molecule has 1 fully saturated rings. The topological polar surface area (TPSA) is 84.9 Å². The monoisotopic (exact) mass is 554 g/mol. The van der Waals surface area contributed by atoms with E-state index >= 15 is 0 Å². The molecule has 0 bridgehead atoms. The fourth-order valence-corrected chi connectivity index (χ4v) is 5.05. The van der Waals surface area contributed by atoms with Gasteiger partial charge in [-0.2, -0.15) is 0 Å². The number of ether oxygens (including phenoxy) is 2. The van der Waals surface area contributed by atoms with Crippen molar-refractivity contribution in [2.75, 3.05) is 26.1 Å². The molecule has 0 atom stereocenters. The number of thioether (sulfide) groups is 1. The second-order valence-electron chi connectivity index (χ2n) is 6.06. The number of methoxy groups -OCH3 is 2. The third kappa shape index (κ3) is 5.05. The van der Waals surface area contributed by atoms with Gasteiger partial charge in [-0.15, -0.1) is 0 Å². The van der Waals surface area contributed by atoms with E-state index in [9.17, 15) is 14.4 Å². The van der Waals surface area contributed by atoms with Crippen molar-refractivity contribution in [1.29, 1.82) is 0 Å². The normalized spacial score (nSPS) is 14.9. The number of nitrogens with zero attached hydrogens (tertiary/aromatic N) is 1. The summed E-state index contributed by atoms with van der Waals surface area (Å²) in [4.78, 5) is 38.4. The van der Waals surface area contributed by atoms with Crippen molar-refractivity contribution in [3.05, 3.63) is 55.8 Å². The fourth-order valence-electron chi connectivity index (χ4n) is 2.66. The standard InChI is InChI=1S/C20H16Br2N2O5S/c1-28-13-5-3-12(4-6-13)23-17(25)10-24-19(26)16(30-20(24)27)9-11-7-14(21)18(29-2)15(22)8-11/h3-9H,10H2,1-2H3,(H,23,25)/b16-9+. The molecule has 0 aromatic heterocycles. The molecule has 2 aromatic carbocycles. The van der Waals surface area contributed by atoms with E-state index in [2.05, 4.69) is 37.2 Å². The molecular weight excluding hydrogens is 540 g/mol. The summed E-state index contributed by atoms with van der Waals surface area (Å²) in [6, 6.07) is 10.3. The molecule has 3 amide bonds. The summed E-state index contributed by atoms with van der Waals surface area (Å²) in [6.45, 7) is -0.371. The van der Waals surface area contributed by atoms with Crippen molar-refractivity contribution in [3.8, 4) is 11.5 Å². The summed E-state index contributed by atoms with van der Waals surface area (Å²) in [7, 11) is 3.09. The Bertz CT molecular complexity index is 1020. The number of imide groups is 1. The third-order valence-electron chi connectivity index (χ3n) is 4.07. The lowest BCUT2D eigenvalue weighted by Crippen LogP contribution is -2.36. The molecule has 0 aliphatic carbocycles. The molecule has 0 spiro atoms. The molecule has 156 valence electrons. The Kier molecular flexibility index (Phi) is 7.22. The molecule has 2 aromatic rings. The quantitative estimate of drug-likeness (QED) is 0.510. The average molecular weight is 556 g/mol. The fraction of sp³-hybridized carbons (Fsp3) is 0.150. The Hall–Kier alpha value is -2.30. The molecule has 1 saturated heterocycles. The van der Waals surface area contributed by atoms with Crippen molar-refractivity contribution >= 4 is 72.4 Å². The van der Waals surface area contributed by atoms with Gasteiger partial charge in [0.2, 0.25) is 5.91 Å². The van der Waals surface area contributed by atoms with Crippen molar-refractivity contribution < 1.29 is 23.9 Å². The van der Waals surface area contributed by atoms with E-state index in [0.29, 0.717) is 31.7 Å². The van der Waals surface area contributed by atoms with Gasteiger partial charge in [-0.1, -0.05) is 0 Å². The van der Waals surface area contributed by atoms with E-state index in [0.717, 1.165) is 16.7 Å². The van der Waals surface area contributed by atoms with Crippen LogP contribution in [0, 0.1) is 0 Å². The van der Waals surface area contributed by atoms with Gasteiger partial charge >= 0.3 is 0 Å². The van der Waals surface area contributed by atoms with Gasteiger partial charge in [0.25, 0.3) is 11.1 Å². The van der Waals surface area contributed by atoms with Gasteiger partial charge in [0.1, 0.15) is 18.0 Å². The highest BCUT2D eigenvalue weighted by Gasteiger charge is 2.36. The molecule has 0 saturated carbocycles. The molecule has 1 heterocycles. The maximum atomic E-state index is 12.7. The van der Waals surface area contributed by atoms with E-state index in [1.165, 1.54) is 0 Å². The van der Waals surface area contributed by atoms with Gasteiger partial charge in [0.15, 0.2) is 0 Å². The van der Waals surface area contributed by atoms with Gasteiger partial charge in [0.05, 0.1) is 28.1 Å². The smallest absolute Gasteiger partial charge is 0.294 e. The van der Waals surface area contributed by atoms with Gasteiger partial charge in [-0.25, -0.2) is 0 Å². The molecule has 1 aliphatic rings. The van der Waals surface area contributed by atoms with Gasteiger partial charge in [-0.05, 0) is 91.7 Å². The first kappa shape index (κ1) is 22.4. The molecule has 1 aliphatic heterocycles. The Balaban J connectivity index is 1.71. The van der Waals surface area contributed by atoms with Crippen LogP contribution in [0.1, 0.15) is 5.56 Å². The molecule has 0 unspecified atom stereocenters. The first-order valence-corrected chi connectivity index (χ1v) is 10.9. The zero-order valence-corrected chi connectivity index (χ0v) is 19.9. The van der Waals surface area contributed by atoms with Crippen LogP contribution >= 0.6 is 43.6 Å². The summed E-state index contributed by atoms with van der Waals surface area (Å²) < 4.78 is 11.7. The minimum atomic E-state index is -0.516. The lowest BCUT2D eigenvalue weighted by molar-refractivity contribution is -0.127. The predicted molar refractivity (Wildman–Crippen MR) is 123 cm³/mol. The SMILES string of the molecule is COc1ccc(NC(=O)CN2C(=O)S/C(=C/c3cc(Br)c(OC)c(Br)c3)C2=O)cc1. The maximum absolute atomic E-state index is 12.7. The summed E-state index contributed by atoms with van der Waals surface area (Å²) in [5, 5.41) is 2.16. The van der Waals surface area contributed by atoms with Crippen LogP contribution in [-0.4, -0.2) is 42.7 Å². The molecular formula is C20H16Br2N2O5S. The average Bonchev–Trinajstić information content (AvgIpc) is 2.95. The number of carbonyl (C=O) groups is 3. The number of halogens is 2. The number of carbonyl (C=O) groups excluding carboxylic acids is 3. The van der Waals surface area contributed by atoms with Gasteiger partial charge < -0.3 is 14.8 Å². The Labute approximate surface area is 194 Å². The minimum Gasteiger partial charge on any atom is -0.497 e. The minimum absolute atomic E-state index is 0.237. The molecule has 7 nitrogen and oxygen atoms in total. The number of hydrogen-bond donors (Lipinski definition) is 1. The van der Waals surface area contributed by atoms with E-state index in [1.54, 1.807) is 56.7 Å². The van der Waals surface area contributed by atoms with Crippen LogP contribution in [0.25, 0.3) is 6.08 Å². The summed E-state index contributed by atoms with van der Waals surface area (Å²) in [5.74, 6) is 0.285. The number of hydrogen-bond acceptors (Lipinski definition) is 6. The largest absolute Gasteiger partial charge is 0.497 e. The number of anilines is 1. The highest BCUT2D eigenvalue weighted by Crippen LogP contribution is 2.37.